The number of aromatic nitrogens is 1. The third kappa shape index (κ3) is 2.26. The Morgan fingerprint density at radius 3 is 2.70 bits per heavy atom. The van der Waals surface area contributed by atoms with Crippen molar-refractivity contribution in [3.05, 3.63) is 21.3 Å². The first-order chi connectivity index (χ1) is 9.33. The summed E-state index contributed by atoms with van der Waals surface area (Å²) in [5, 5.41) is 14.4. The molecule has 0 amide bonds. The number of fused-ring (bicyclic) bond motifs is 2. The predicted molar refractivity (Wildman–Crippen MR) is 85.4 cm³/mol. The van der Waals surface area contributed by atoms with Gasteiger partial charge in [-0.05, 0) is 61.4 Å². The molecule has 1 aliphatic heterocycles. The van der Waals surface area contributed by atoms with Crippen LogP contribution < -0.4 is 5.32 Å². The Kier molecular flexibility index (Phi) is 3.55. The molecule has 1 spiro atoms. The first-order valence-electron chi connectivity index (χ1n) is 7.14. The van der Waals surface area contributed by atoms with Crippen LogP contribution in [0, 0.1) is 5.92 Å². The summed E-state index contributed by atoms with van der Waals surface area (Å²) >= 11 is 9.99. The van der Waals surface area contributed by atoms with Gasteiger partial charge in [0.1, 0.15) is 5.82 Å². The number of halogens is 2. The Hall–Kier alpha value is -0.320. The minimum Gasteiger partial charge on any atom is -0.390 e. The van der Waals surface area contributed by atoms with Crippen molar-refractivity contribution in [2.24, 2.45) is 5.92 Å². The monoisotopic (exact) mass is 358 g/mol. The van der Waals surface area contributed by atoms with Crippen molar-refractivity contribution >= 4 is 33.3 Å². The number of nitrogens with zero attached hydrogens (tertiary/aromatic N) is 1. The molecule has 2 N–H and O–H groups in total. The van der Waals surface area contributed by atoms with Gasteiger partial charge in [-0.2, -0.15) is 0 Å². The standard InChI is InChI=1S/C15H20BrClN2O/c1-14(2,20)9-3-5-15(6-4-9)8-19-13-11(15)12(17)10(16)7-18-13/h7,9,20H,3-6,8H2,1-2H3,(H,18,19)/t9-,15+. The number of rotatable bonds is 1. The molecule has 1 aliphatic carbocycles. The van der Waals surface area contributed by atoms with Crippen LogP contribution in [0.4, 0.5) is 5.82 Å². The molecule has 5 heteroatoms. The van der Waals surface area contributed by atoms with Gasteiger partial charge in [0.15, 0.2) is 0 Å². The van der Waals surface area contributed by atoms with Crippen LogP contribution in [-0.2, 0) is 5.41 Å². The number of pyridine rings is 1. The maximum atomic E-state index is 10.2. The van der Waals surface area contributed by atoms with E-state index in [1.807, 2.05) is 13.8 Å². The molecule has 0 radical (unpaired) electrons. The molecule has 0 bridgehead atoms. The second kappa shape index (κ2) is 4.85. The first-order valence-corrected chi connectivity index (χ1v) is 8.31. The molecule has 2 aliphatic rings. The summed E-state index contributed by atoms with van der Waals surface area (Å²) in [7, 11) is 0. The molecule has 0 atom stereocenters. The Bertz CT molecular complexity index is 533. The summed E-state index contributed by atoms with van der Waals surface area (Å²) in [4.78, 5) is 4.45. The normalized spacial score (nSPS) is 29.4. The van der Waals surface area contributed by atoms with E-state index in [0.717, 1.165) is 47.5 Å². The maximum absolute atomic E-state index is 10.2. The molecule has 20 heavy (non-hydrogen) atoms. The van der Waals surface area contributed by atoms with E-state index in [1.165, 1.54) is 5.56 Å². The van der Waals surface area contributed by atoms with Crippen LogP contribution >= 0.6 is 27.5 Å². The van der Waals surface area contributed by atoms with Gasteiger partial charge >= 0.3 is 0 Å². The quantitative estimate of drug-likeness (QED) is 0.792. The summed E-state index contributed by atoms with van der Waals surface area (Å²) in [6.07, 6.45) is 5.94. The Morgan fingerprint density at radius 2 is 2.10 bits per heavy atom. The number of hydrogen-bond acceptors (Lipinski definition) is 3. The average molecular weight is 360 g/mol. The van der Waals surface area contributed by atoms with Crippen molar-refractivity contribution in [1.29, 1.82) is 0 Å². The fraction of sp³-hybridized carbons (Fsp3) is 0.667. The Labute approximate surface area is 133 Å². The summed E-state index contributed by atoms with van der Waals surface area (Å²) in [6, 6.07) is 0. The molecular weight excluding hydrogens is 340 g/mol. The first kappa shape index (κ1) is 14.6. The SMILES string of the molecule is CC(C)(O)[C@H]1CC[C@@]2(CC1)CNc1ncc(Br)c(Cl)c12. The smallest absolute Gasteiger partial charge is 0.131 e. The van der Waals surface area contributed by atoms with Crippen LogP contribution in [0.3, 0.4) is 0 Å². The van der Waals surface area contributed by atoms with Gasteiger partial charge in [0.25, 0.3) is 0 Å². The summed E-state index contributed by atoms with van der Waals surface area (Å²) in [5.41, 5.74) is 0.670. The molecule has 3 rings (SSSR count). The number of anilines is 1. The molecule has 1 saturated carbocycles. The number of nitrogens with one attached hydrogen (secondary N) is 1. The molecule has 1 aromatic heterocycles. The van der Waals surface area contributed by atoms with Crippen LogP contribution in [-0.4, -0.2) is 22.2 Å². The Balaban J connectivity index is 1.91. The second-order valence-corrected chi connectivity index (χ2v) is 7.94. The zero-order chi connectivity index (χ0) is 14.5. The van der Waals surface area contributed by atoms with Crippen molar-refractivity contribution in [1.82, 2.24) is 4.98 Å². The number of hydrogen-bond donors (Lipinski definition) is 2. The summed E-state index contributed by atoms with van der Waals surface area (Å²) in [5.74, 6) is 1.30. The number of aliphatic hydroxyl groups is 1. The van der Waals surface area contributed by atoms with Crippen molar-refractivity contribution in [2.75, 3.05) is 11.9 Å². The van der Waals surface area contributed by atoms with Crippen molar-refractivity contribution < 1.29 is 5.11 Å². The van der Waals surface area contributed by atoms with Gasteiger partial charge in [0, 0.05) is 23.7 Å². The van der Waals surface area contributed by atoms with E-state index in [0.29, 0.717) is 5.92 Å². The predicted octanol–water partition coefficient (Wildman–Crippen LogP) is 4.12. The van der Waals surface area contributed by atoms with E-state index in [1.54, 1.807) is 6.20 Å². The zero-order valence-electron chi connectivity index (χ0n) is 11.8. The van der Waals surface area contributed by atoms with E-state index < -0.39 is 5.60 Å². The molecular formula is C15H20BrClN2O. The van der Waals surface area contributed by atoms with Gasteiger partial charge in [0.05, 0.1) is 15.1 Å². The molecule has 110 valence electrons. The highest BCUT2D eigenvalue weighted by Crippen LogP contribution is 2.52. The highest BCUT2D eigenvalue weighted by Gasteiger charge is 2.46. The fourth-order valence-corrected chi connectivity index (χ4v) is 4.37. The van der Waals surface area contributed by atoms with Crippen molar-refractivity contribution in [2.45, 2.75) is 50.5 Å². The van der Waals surface area contributed by atoms with E-state index in [9.17, 15) is 5.11 Å². The van der Waals surface area contributed by atoms with E-state index in [-0.39, 0.29) is 5.41 Å². The zero-order valence-corrected chi connectivity index (χ0v) is 14.2. The molecule has 0 unspecified atom stereocenters. The minimum absolute atomic E-state index is 0.0882. The van der Waals surface area contributed by atoms with Gasteiger partial charge in [-0.1, -0.05) is 11.6 Å². The van der Waals surface area contributed by atoms with Gasteiger partial charge in [-0.25, -0.2) is 4.98 Å². The highest BCUT2D eigenvalue weighted by molar-refractivity contribution is 9.10. The lowest BCUT2D eigenvalue weighted by atomic mass is 9.65. The minimum atomic E-state index is -0.588. The van der Waals surface area contributed by atoms with Crippen LogP contribution in [0.2, 0.25) is 5.02 Å². The largest absolute Gasteiger partial charge is 0.390 e. The van der Waals surface area contributed by atoms with Crippen LogP contribution in [0.5, 0.6) is 0 Å². The van der Waals surface area contributed by atoms with E-state index in [4.69, 9.17) is 11.6 Å². The summed E-state index contributed by atoms with van der Waals surface area (Å²) in [6.45, 7) is 4.74. The van der Waals surface area contributed by atoms with Crippen LogP contribution in [0.25, 0.3) is 0 Å². The lowest BCUT2D eigenvalue weighted by Crippen LogP contribution is -2.40. The van der Waals surface area contributed by atoms with Gasteiger partial charge in [-0.3, -0.25) is 0 Å². The highest BCUT2D eigenvalue weighted by atomic mass is 79.9. The van der Waals surface area contributed by atoms with Crippen LogP contribution in [0.1, 0.15) is 45.1 Å². The van der Waals surface area contributed by atoms with Crippen molar-refractivity contribution in [3.8, 4) is 0 Å². The molecule has 0 saturated heterocycles. The maximum Gasteiger partial charge on any atom is 0.131 e. The topological polar surface area (TPSA) is 45.1 Å². The fourth-order valence-electron chi connectivity index (χ4n) is 3.73. The molecule has 1 aromatic rings. The molecule has 3 nitrogen and oxygen atoms in total. The third-order valence-corrected chi connectivity index (χ3v) is 6.26. The van der Waals surface area contributed by atoms with E-state index >= 15 is 0 Å². The summed E-state index contributed by atoms with van der Waals surface area (Å²) < 4.78 is 0.866. The van der Waals surface area contributed by atoms with E-state index in [2.05, 4.69) is 26.2 Å². The Morgan fingerprint density at radius 1 is 1.45 bits per heavy atom. The van der Waals surface area contributed by atoms with Gasteiger partial charge in [0.2, 0.25) is 0 Å². The van der Waals surface area contributed by atoms with Gasteiger partial charge in [-0.15, -0.1) is 0 Å². The lowest BCUT2D eigenvalue weighted by molar-refractivity contribution is -0.00815. The molecule has 2 heterocycles. The van der Waals surface area contributed by atoms with Crippen LogP contribution in [0.15, 0.2) is 10.7 Å². The lowest BCUT2D eigenvalue weighted by Gasteiger charge is -2.41. The molecule has 0 aromatic carbocycles. The molecule has 1 fully saturated rings. The van der Waals surface area contributed by atoms with Gasteiger partial charge < -0.3 is 10.4 Å². The third-order valence-electron chi connectivity index (χ3n) is 5.04. The van der Waals surface area contributed by atoms with Crippen molar-refractivity contribution in [3.63, 3.8) is 0 Å². The second-order valence-electron chi connectivity index (χ2n) is 6.71. The average Bonchev–Trinajstić information content (AvgIpc) is 2.73.